The standard InChI is InChI=1S/C25H22FN5O3S/c1-33-21-13-10-18(14-22(21)34-2)24-29-30-25(31(24)20-6-4-3-5-7-20)35-16-23(32)28-27-15-17-8-11-19(26)12-9-17/h3-15H,16H2,1-2H3,(H,28,32)/b27-15-. The van der Waals surface area contributed by atoms with E-state index in [1.165, 1.54) is 30.1 Å². The number of ether oxygens (including phenoxy) is 2. The summed E-state index contributed by atoms with van der Waals surface area (Å²) < 4.78 is 25.6. The van der Waals surface area contributed by atoms with Gasteiger partial charge in [0.1, 0.15) is 5.82 Å². The second-order valence-corrected chi connectivity index (χ2v) is 8.12. The van der Waals surface area contributed by atoms with Crippen LogP contribution >= 0.6 is 11.8 Å². The number of hydrogen-bond donors (Lipinski definition) is 1. The monoisotopic (exact) mass is 491 g/mol. The molecule has 4 rings (SSSR count). The quantitative estimate of drug-likeness (QED) is 0.213. The van der Waals surface area contributed by atoms with Crippen LogP contribution in [0.15, 0.2) is 83.1 Å². The molecule has 8 nitrogen and oxygen atoms in total. The van der Waals surface area contributed by atoms with Crippen LogP contribution in [0.3, 0.4) is 0 Å². The van der Waals surface area contributed by atoms with E-state index in [0.717, 1.165) is 11.3 Å². The van der Waals surface area contributed by atoms with E-state index < -0.39 is 0 Å². The molecule has 1 heterocycles. The van der Waals surface area contributed by atoms with E-state index in [0.29, 0.717) is 28.0 Å². The maximum atomic E-state index is 13.0. The molecule has 4 aromatic rings. The van der Waals surface area contributed by atoms with Crippen molar-refractivity contribution in [1.82, 2.24) is 20.2 Å². The van der Waals surface area contributed by atoms with E-state index in [-0.39, 0.29) is 17.5 Å². The van der Waals surface area contributed by atoms with Gasteiger partial charge in [-0.1, -0.05) is 42.1 Å². The van der Waals surface area contributed by atoms with E-state index >= 15 is 0 Å². The minimum Gasteiger partial charge on any atom is -0.493 e. The minimum absolute atomic E-state index is 0.0671. The number of carbonyl (C=O) groups excluding carboxylic acids is 1. The highest BCUT2D eigenvalue weighted by molar-refractivity contribution is 7.99. The van der Waals surface area contributed by atoms with Crippen molar-refractivity contribution < 1.29 is 18.7 Å². The number of hydrazone groups is 1. The summed E-state index contributed by atoms with van der Waals surface area (Å²) in [5, 5.41) is 13.2. The number of hydrogen-bond acceptors (Lipinski definition) is 7. The first-order chi connectivity index (χ1) is 17.1. The molecule has 0 bridgehead atoms. The van der Waals surface area contributed by atoms with Crippen LogP contribution in [0.5, 0.6) is 11.5 Å². The molecule has 0 aliphatic rings. The lowest BCUT2D eigenvalue weighted by molar-refractivity contribution is -0.118. The Balaban J connectivity index is 1.54. The van der Waals surface area contributed by atoms with Gasteiger partial charge in [-0.3, -0.25) is 9.36 Å². The number of para-hydroxylation sites is 1. The Labute approximate surface area is 205 Å². The molecule has 1 aromatic heterocycles. The molecule has 3 aromatic carbocycles. The van der Waals surface area contributed by atoms with Crippen LogP contribution in [0, 0.1) is 5.82 Å². The Morgan fingerprint density at radius 2 is 1.77 bits per heavy atom. The van der Waals surface area contributed by atoms with E-state index in [1.807, 2.05) is 47.0 Å². The van der Waals surface area contributed by atoms with Crippen LogP contribution in [0.4, 0.5) is 4.39 Å². The van der Waals surface area contributed by atoms with Gasteiger partial charge in [0, 0.05) is 11.3 Å². The van der Waals surface area contributed by atoms with Gasteiger partial charge in [0.25, 0.3) is 5.91 Å². The van der Waals surface area contributed by atoms with Crippen LogP contribution in [0.1, 0.15) is 5.56 Å². The third-order valence-electron chi connectivity index (χ3n) is 4.89. The minimum atomic E-state index is -0.336. The van der Waals surface area contributed by atoms with E-state index in [4.69, 9.17) is 9.47 Å². The van der Waals surface area contributed by atoms with Gasteiger partial charge < -0.3 is 9.47 Å². The van der Waals surface area contributed by atoms with Gasteiger partial charge in [-0.25, -0.2) is 9.82 Å². The van der Waals surface area contributed by atoms with E-state index in [9.17, 15) is 9.18 Å². The smallest absolute Gasteiger partial charge is 0.250 e. The summed E-state index contributed by atoms with van der Waals surface area (Å²) in [6.45, 7) is 0. The van der Waals surface area contributed by atoms with Crippen molar-refractivity contribution >= 4 is 23.9 Å². The van der Waals surface area contributed by atoms with Crippen LogP contribution < -0.4 is 14.9 Å². The van der Waals surface area contributed by atoms with Crippen LogP contribution in [0.2, 0.25) is 0 Å². The van der Waals surface area contributed by atoms with Crippen LogP contribution in [-0.2, 0) is 4.79 Å². The Morgan fingerprint density at radius 3 is 2.49 bits per heavy atom. The molecule has 178 valence electrons. The Bertz CT molecular complexity index is 1330. The third-order valence-corrected chi connectivity index (χ3v) is 5.82. The Hall–Kier alpha value is -4.18. The SMILES string of the molecule is COc1ccc(-c2nnc(SCC(=O)N/N=C\c3ccc(F)cc3)n2-c2ccccc2)cc1OC. The van der Waals surface area contributed by atoms with E-state index in [2.05, 4.69) is 20.7 Å². The van der Waals surface area contributed by atoms with Crippen molar-refractivity contribution in [3.8, 4) is 28.6 Å². The van der Waals surface area contributed by atoms with Crippen molar-refractivity contribution in [2.45, 2.75) is 5.16 Å². The molecular formula is C25H22FN5O3S. The maximum absolute atomic E-state index is 13.0. The second-order valence-electron chi connectivity index (χ2n) is 7.18. The fourth-order valence-corrected chi connectivity index (χ4v) is 3.97. The predicted octanol–water partition coefficient (Wildman–Crippen LogP) is 4.33. The number of nitrogens with zero attached hydrogens (tertiary/aromatic N) is 4. The molecule has 0 spiro atoms. The van der Waals surface area contributed by atoms with Crippen molar-refractivity contribution in [3.63, 3.8) is 0 Å². The summed E-state index contributed by atoms with van der Waals surface area (Å²) in [6, 6.07) is 20.9. The topological polar surface area (TPSA) is 90.6 Å². The van der Waals surface area contributed by atoms with Crippen LogP contribution in [-0.4, -0.2) is 46.9 Å². The van der Waals surface area contributed by atoms with Gasteiger partial charge in [-0.2, -0.15) is 5.10 Å². The van der Waals surface area contributed by atoms with Gasteiger partial charge >= 0.3 is 0 Å². The first-order valence-corrected chi connectivity index (χ1v) is 11.5. The number of carbonyl (C=O) groups is 1. The summed E-state index contributed by atoms with van der Waals surface area (Å²) in [4.78, 5) is 12.3. The lowest BCUT2D eigenvalue weighted by Crippen LogP contribution is -2.20. The molecule has 0 atom stereocenters. The van der Waals surface area contributed by atoms with Gasteiger partial charge in [0.05, 0.1) is 26.2 Å². The number of amides is 1. The molecule has 0 aliphatic carbocycles. The molecule has 0 unspecified atom stereocenters. The Kier molecular flexibility index (Phi) is 7.74. The fourth-order valence-electron chi connectivity index (χ4n) is 3.23. The molecule has 0 saturated carbocycles. The van der Waals surface area contributed by atoms with Gasteiger partial charge in [0.2, 0.25) is 0 Å². The van der Waals surface area contributed by atoms with Gasteiger partial charge in [0.15, 0.2) is 22.5 Å². The molecule has 0 aliphatic heterocycles. The largest absolute Gasteiger partial charge is 0.493 e. The molecule has 0 radical (unpaired) electrons. The average molecular weight is 492 g/mol. The number of benzene rings is 3. The fraction of sp³-hybridized carbons (Fsp3) is 0.120. The molecule has 0 saturated heterocycles. The van der Waals surface area contributed by atoms with Gasteiger partial charge in [-0.05, 0) is 48.0 Å². The molecule has 10 heteroatoms. The summed E-state index contributed by atoms with van der Waals surface area (Å²) in [6.07, 6.45) is 1.45. The Morgan fingerprint density at radius 1 is 1.03 bits per heavy atom. The third kappa shape index (κ3) is 5.85. The molecule has 35 heavy (non-hydrogen) atoms. The maximum Gasteiger partial charge on any atom is 0.250 e. The zero-order valence-corrected chi connectivity index (χ0v) is 19.8. The van der Waals surface area contributed by atoms with Crippen molar-refractivity contribution in [1.29, 1.82) is 0 Å². The normalized spacial score (nSPS) is 10.9. The van der Waals surface area contributed by atoms with Crippen molar-refractivity contribution in [3.05, 3.63) is 84.2 Å². The highest BCUT2D eigenvalue weighted by Gasteiger charge is 2.18. The average Bonchev–Trinajstić information content (AvgIpc) is 3.32. The van der Waals surface area contributed by atoms with Gasteiger partial charge in [-0.15, -0.1) is 10.2 Å². The zero-order chi connectivity index (χ0) is 24.6. The second kappa shape index (κ2) is 11.3. The zero-order valence-electron chi connectivity index (χ0n) is 19.0. The number of nitrogens with one attached hydrogen (secondary N) is 1. The summed E-state index contributed by atoms with van der Waals surface area (Å²) in [7, 11) is 3.15. The molecular weight excluding hydrogens is 469 g/mol. The lowest BCUT2D eigenvalue weighted by atomic mass is 10.2. The predicted molar refractivity (Wildman–Crippen MR) is 133 cm³/mol. The number of thioether (sulfide) groups is 1. The summed E-state index contributed by atoms with van der Waals surface area (Å²) in [5.41, 5.74) is 4.76. The summed E-state index contributed by atoms with van der Waals surface area (Å²) >= 11 is 1.23. The first-order valence-electron chi connectivity index (χ1n) is 10.5. The number of methoxy groups -OCH3 is 2. The number of aromatic nitrogens is 3. The van der Waals surface area contributed by atoms with Crippen molar-refractivity contribution in [2.75, 3.05) is 20.0 Å². The number of halogens is 1. The first kappa shape index (κ1) is 24.0. The lowest BCUT2D eigenvalue weighted by Gasteiger charge is -2.12. The summed E-state index contributed by atoms with van der Waals surface area (Å²) in [5.74, 6) is 1.18. The molecule has 1 N–H and O–H groups in total. The molecule has 0 fully saturated rings. The van der Waals surface area contributed by atoms with Crippen LogP contribution in [0.25, 0.3) is 17.1 Å². The molecule has 1 amide bonds. The highest BCUT2D eigenvalue weighted by Crippen LogP contribution is 2.34. The van der Waals surface area contributed by atoms with Crippen molar-refractivity contribution in [2.24, 2.45) is 5.10 Å². The van der Waals surface area contributed by atoms with E-state index in [1.54, 1.807) is 32.4 Å². The highest BCUT2D eigenvalue weighted by atomic mass is 32.2. The number of rotatable bonds is 9.